The Hall–Kier alpha value is -0.0800. The summed E-state index contributed by atoms with van der Waals surface area (Å²) in [7, 11) is 1.76. The van der Waals surface area contributed by atoms with Gasteiger partial charge in [-0.1, -0.05) is 33.1 Å². The van der Waals surface area contributed by atoms with Gasteiger partial charge in [-0.05, 0) is 25.8 Å². The Morgan fingerprint density at radius 1 is 1.21 bits per heavy atom. The summed E-state index contributed by atoms with van der Waals surface area (Å²) in [5.41, 5.74) is 0. The number of rotatable bonds is 9. The van der Waals surface area contributed by atoms with Crippen molar-refractivity contribution in [3.05, 3.63) is 0 Å². The normalized spacial score (nSPS) is 15.4. The lowest BCUT2D eigenvalue weighted by molar-refractivity contribution is 0.116. The van der Waals surface area contributed by atoms with Crippen LogP contribution in [-0.2, 0) is 4.74 Å². The quantitative estimate of drug-likeness (QED) is 0.619. The summed E-state index contributed by atoms with van der Waals surface area (Å²) in [6, 6.07) is 0. The fourth-order valence-corrected chi connectivity index (χ4v) is 1.52. The highest BCUT2D eigenvalue weighted by Crippen LogP contribution is 2.10. The fourth-order valence-electron chi connectivity index (χ4n) is 1.52. The van der Waals surface area contributed by atoms with E-state index in [1.54, 1.807) is 7.11 Å². The molecule has 0 radical (unpaired) electrons. The molecule has 0 spiro atoms. The van der Waals surface area contributed by atoms with Crippen LogP contribution in [0.25, 0.3) is 0 Å². The van der Waals surface area contributed by atoms with E-state index in [-0.39, 0.29) is 0 Å². The minimum atomic E-state index is 0.332. The van der Waals surface area contributed by atoms with E-state index in [0.29, 0.717) is 6.10 Å². The van der Waals surface area contributed by atoms with Crippen LogP contribution in [0.2, 0.25) is 0 Å². The maximum atomic E-state index is 5.18. The second-order valence-corrected chi connectivity index (χ2v) is 4.12. The lowest BCUT2D eigenvalue weighted by Crippen LogP contribution is -2.30. The molecule has 0 aliphatic heterocycles. The van der Waals surface area contributed by atoms with Crippen LogP contribution >= 0.6 is 0 Å². The molecule has 14 heavy (non-hydrogen) atoms. The van der Waals surface area contributed by atoms with Crippen LogP contribution in [0.15, 0.2) is 0 Å². The number of methoxy groups -OCH3 is 1. The Labute approximate surface area is 89.4 Å². The molecule has 0 aromatic heterocycles. The Balaban J connectivity index is 3.42. The first-order valence-corrected chi connectivity index (χ1v) is 5.98. The molecule has 2 heteroatoms. The van der Waals surface area contributed by atoms with Crippen LogP contribution in [0.1, 0.15) is 46.5 Å². The van der Waals surface area contributed by atoms with Crippen molar-refractivity contribution in [3.63, 3.8) is 0 Å². The number of unbranched alkanes of at least 4 members (excludes halogenated alkanes) is 1. The van der Waals surface area contributed by atoms with Gasteiger partial charge in [0.2, 0.25) is 0 Å². The first kappa shape index (κ1) is 13.9. The van der Waals surface area contributed by atoms with Crippen molar-refractivity contribution in [2.75, 3.05) is 20.2 Å². The average Bonchev–Trinajstić information content (AvgIpc) is 2.22. The SMILES string of the molecule is CCCCC(CC)CNCC(C)OC. The standard InChI is InChI=1S/C12H27NO/c1-5-7-8-12(6-2)10-13-9-11(3)14-4/h11-13H,5-10H2,1-4H3. The van der Waals surface area contributed by atoms with Gasteiger partial charge in [0.1, 0.15) is 0 Å². The van der Waals surface area contributed by atoms with Gasteiger partial charge in [-0.2, -0.15) is 0 Å². The zero-order chi connectivity index (χ0) is 10.8. The molecule has 86 valence electrons. The molecule has 1 N–H and O–H groups in total. The van der Waals surface area contributed by atoms with Crippen molar-refractivity contribution in [3.8, 4) is 0 Å². The fraction of sp³-hybridized carbons (Fsp3) is 1.00. The summed E-state index contributed by atoms with van der Waals surface area (Å²) in [6.45, 7) is 8.75. The molecule has 0 saturated heterocycles. The van der Waals surface area contributed by atoms with E-state index in [0.717, 1.165) is 19.0 Å². The third-order valence-corrected chi connectivity index (χ3v) is 2.81. The molecule has 2 nitrogen and oxygen atoms in total. The first-order valence-electron chi connectivity index (χ1n) is 5.98. The zero-order valence-corrected chi connectivity index (χ0v) is 10.3. The smallest absolute Gasteiger partial charge is 0.0667 e. The molecule has 2 unspecified atom stereocenters. The van der Waals surface area contributed by atoms with Gasteiger partial charge in [-0.25, -0.2) is 0 Å². The van der Waals surface area contributed by atoms with Gasteiger partial charge in [0.25, 0.3) is 0 Å². The van der Waals surface area contributed by atoms with Crippen molar-refractivity contribution in [1.82, 2.24) is 5.32 Å². The second-order valence-electron chi connectivity index (χ2n) is 4.12. The van der Waals surface area contributed by atoms with Gasteiger partial charge in [-0.3, -0.25) is 0 Å². The maximum Gasteiger partial charge on any atom is 0.0667 e. The molecule has 0 bridgehead atoms. The van der Waals surface area contributed by atoms with Gasteiger partial charge in [0.15, 0.2) is 0 Å². The highest BCUT2D eigenvalue weighted by Gasteiger charge is 2.06. The summed E-state index contributed by atoms with van der Waals surface area (Å²) < 4.78 is 5.18. The predicted octanol–water partition coefficient (Wildman–Crippen LogP) is 2.83. The van der Waals surface area contributed by atoms with E-state index in [1.165, 1.54) is 25.7 Å². The molecule has 0 saturated carbocycles. The van der Waals surface area contributed by atoms with Crippen molar-refractivity contribution in [1.29, 1.82) is 0 Å². The highest BCUT2D eigenvalue weighted by molar-refractivity contribution is 4.62. The average molecular weight is 201 g/mol. The summed E-state index contributed by atoms with van der Waals surface area (Å²) in [6.07, 6.45) is 5.65. The van der Waals surface area contributed by atoms with Crippen LogP contribution in [-0.4, -0.2) is 26.3 Å². The Morgan fingerprint density at radius 3 is 2.43 bits per heavy atom. The summed E-state index contributed by atoms with van der Waals surface area (Å²) in [5.74, 6) is 0.846. The van der Waals surface area contributed by atoms with Crippen LogP contribution in [0, 0.1) is 5.92 Å². The van der Waals surface area contributed by atoms with Crippen LogP contribution in [0.4, 0.5) is 0 Å². The first-order chi connectivity index (χ1) is 6.74. The van der Waals surface area contributed by atoms with Crippen LogP contribution in [0.5, 0.6) is 0 Å². The van der Waals surface area contributed by atoms with Gasteiger partial charge < -0.3 is 10.1 Å². The van der Waals surface area contributed by atoms with Crippen molar-refractivity contribution < 1.29 is 4.74 Å². The third kappa shape index (κ3) is 7.34. The Kier molecular flexibility index (Phi) is 9.42. The van der Waals surface area contributed by atoms with E-state index in [2.05, 4.69) is 26.1 Å². The van der Waals surface area contributed by atoms with Crippen LogP contribution < -0.4 is 5.32 Å². The lowest BCUT2D eigenvalue weighted by Gasteiger charge is -2.17. The van der Waals surface area contributed by atoms with E-state index < -0.39 is 0 Å². The molecule has 0 fully saturated rings. The van der Waals surface area contributed by atoms with Crippen molar-refractivity contribution in [2.45, 2.75) is 52.6 Å². The Bertz CT molecular complexity index is 117. The molecular formula is C12H27NO. The molecule has 2 atom stereocenters. The summed E-state index contributed by atoms with van der Waals surface area (Å²) in [4.78, 5) is 0. The molecule has 0 heterocycles. The minimum Gasteiger partial charge on any atom is -0.380 e. The number of nitrogens with one attached hydrogen (secondary N) is 1. The topological polar surface area (TPSA) is 21.3 Å². The molecular weight excluding hydrogens is 174 g/mol. The highest BCUT2D eigenvalue weighted by atomic mass is 16.5. The summed E-state index contributed by atoms with van der Waals surface area (Å²) in [5, 5.41) is 3.47. The predicted molar refractivity (Wildman–Crippen MR) is 62.6 cm³/mol. The largest absolute Gasteiger partial charge is 0.380 e. The molecule has 0 aromatic carbocycles. The van der Waals surface area contributed by atoms with Crippen LogP contribution in [0.3, 0.4) is 0 Å². The molecule has 0 aromatic rings. The van der Waals surface area contributed by atoms with Crippen molar-refractivity contribution in [2.24, 2.45) is 5.92 Å². The van der Waals surface area contributed by atoms with E-state index in [1.807, 2.05) is 0 Å². The maximum absolute atomic E-state index is 5.18. The van der Waals surface area contributed by atoms with E-state index in [9.17, 15) is 0 Å². The molecule has 0 amide bonds. The monoisotopic (exact) mass is 201 g/mol. The third-order valence-electron chi connectivity index (χ3n) is 2.81. The number of hydrogen-bond acceptors (Lipinski definition) is 2. The van der Waals surface area contributed by atoms with Gasteiger partial charge in [-0.15, -0.1) is 0 Å². The number of hydrogen-bond donors (Lipinski definition) is 1. The molecule has 0 aliphatic carbocycles. The molecule has 0 aliphatic rings. The van der Waals surface area contributed by atoms with Gasteiger partial charge >= 0.3 is 0 Å². The lowest BCUT2D eigenvalue weighted by atomic mass is 9.99. The minimum absolute atomic E-state index is 0.332. The molecule has 0 rings (SSSR count). The van der Waals surface area contributed by atoms with Gasteiger partial charge in [0, 0.05) is 13.7 Å². The second kappa shape index (κ2) is 9.47. The Morgan fingerprint density at radius 2 is 1.93 bits per heavy atom. The van der Waals surface area contributed by atoms with E-state index in [4.69, 9.17) is 4.74 Å². The number of ether oxygens (including phenoxy) is 1. The van der Waals surface area contributed by atoms with E-state index >= 15 is 0 Å². The van der Waals surface area contributed by atoms with Crippen molar-refractivity contribution >= 4 is 0 Å². The zero-order valence-electron chi connectivity index (χ0n) is 10.3. The summed E-state index contributed by atoms with van der Waals surface area (Å²) >= 11 is 0. The van der Waals surface area contributed by atoms with Gasteiger partial charge in [0.05, 0.1) is 6.10 Å².